The molecule has 2 aromatic heterocycles. The summed E-state index contributed by atoms with van der Waals surface area (Å²) in [5.41, 5.74) is 1.04. The first-order valence-corrected chi connectivity index (χ1v) is 9.92. The normalized spacial score (nSPS) is 17.5. The van der Waals surface area contributed by atoms with Crippen molar-refractivity contribution in [3.63, 3.8) is 0 Å². The molecule has 2 atom stereocenters. The highest BCUT2D eigenvalue weighted by molar-refractivity contribution is 6.10. The molecule has 3 heterocycles. The van der Waals surface area contributed by atoms with Gasteiger partial charge in [0.15, 0.2) is 5.69 Å². The molecule has 31 heavy (non-hydrogen) atoms. The maximum atomic E-state index is 12.7. The van der Waals surface area contributed by atoms with E-state index in [2.05, 4.69) is 15.6 Å². The van der Waals surface area contributed by atoms with Crippen LogP contribution in [-0.2, 0) is 20.8 Å². The maximum absolute atomic E-state index is 12.7. The highest BCUT2D eigenvalue weighted by Gasteiger charge is 2.31. The molecule has 0 aromatic carbocycles. The van der Waals surface area contributed by atoms with Crippen LogP contribution in [0.2, 0.25) is 0 Å². The van der Waals surface area contributed by atoms with Gasteiger partial charge in [-0.15, -0.1) is 0 Å². The molecule has 2 unspecified atom stereocenters. The Morgan fingerprint density at radius 1 is 1.42 bits per heavy atom. The molecule has 8 nitrogen and oxygen atoms in total. The van der Waals surface area contributed by atoms with Crippen molar-refractivity contribution in [3.8, 4) is 0 Å². The summed E-state index contributed by atoms with van der Waals surface area (Å²) >= 11 is 0. The number of carbonyl (C=O) groups excluding carboxylic acids is 2. The Bertz CT molecular complexity index is 967. The molecule has 0 saturated carbocycles. The molecule has 1 amide bonds. The van der Waals surface area contributed by atoms with Crippen molar-refractivity contribution in [2.45, 2.75) is 58.0 Å². The van der Waals surface area contributed by atoms with Crippen LogP contribution in [0.1, 0.15) is 43.6 Å². The third-order valence-corrected chi connectivity index (χ3v) is 4.94. The van der Waals surface area contributed by atoms with Crippen molar-refractivity contribution in [1.29, 1.82) is 0 Å². The summed E-state index contributed by atoms with van der Waals surface area (Å²) in [4.78, 5) is 28.8. The minimum Gasteiger partial charge on any atom is -0.464 e. The number of alkyl halides is 3. The number of anilines is 2. The molecule has 2 aromatic rings. The van der Waals surface area contributed by atoms with Gasteiger partial charge in [-0.2, -0.15) is 13.2 Å². The van der Waals surface area contributed by atoms with Gasteiger partial charge in [0, 0.05) is 25.0 Å². The van der Waals surface area contributed by atoms with E-state index in [4.69, 9.17) is 9.47 Å². The third-order valence-electron chi connectivity index (χ3n) is 4.94. The smallest absolute Gasteiger partial charge is 0.391 e. The lowest BCUT2D eigenvalue weighted by molar-refractivity contribution is -0.136. The number of nitrogens with one attached hydrogen (secondary N) is 2. The number of esters is 1. The Labute approximate surface area is 177 Å². The average molecular weight is 442 g/mol. The zero-order chi connectivity index (χ0) is 22.8. The van der Waals surface area contributed by atoms with E-state index in [-0.39, 0.29) is 17.5 Å². The molecule has 3 rings (SSSR count). The summed E-state index contributed by atoms with van der Waals surface area (Å²) in [5.74, 6) is -1.08. The fraction of sp³-hybridized carbons (Fsp3) is 0.550. The summed E-state index contributed by atoms with van der Waals surface area (Å²) in [6.07, 6.45) is -2.35. The number of amides is 1. The third kappa shape index (κ3) is 5.46. The molecule has 0 spiro atoms. The number of aromatic nitrogens is 2. The van der Waals surface area contributed by atoms with E-state index in [0.29, 0.717) is 29.9 Å². The first-order chi connectivity index (χ1) is 14.6. The maximum Gasteiger partial charge on any atom is 0.391 e. The van der Waals surface area contributed by atoms with Gasteiger partial charge in [-0.1, -0.05) is 0 Å². The lowest BCUT2D eigenvalue weighted by Gasteiger charge is -2.17. The number of carbonyl (C=O) groups is 2. The van der Waals surface area contributed by atoms with Crippen LogP contribution in [0.3, 0.4) is 0 Å². The van der Waals surface area contributed by atoms with E-state index in [9.17, 15) is 22.8 Å². The van der Waals surface area contributed by atoms with Crippen molar-refractivity contribution in [2.24, 2.45) is 0 Å². The number of methoxy groups -OCH3 is 1. The number of hydrogen-bond acceptors (Lipinski definition) is 6. The predicted molar refractivity (Wildman–Crippen MR) is 108 cm³/mol. The topological polar surface area (TPSA) is 94.5 Å². The number of rotatable bonds is 7. The van der Waals surface area contributed by atoms with Crippen molar-refractivity contribution in [2.75, 3.05) is 24.4 Å². The Morgan fingerprint density at radius 3 is 2.74 bits per heavy atom. The second-order valence-corrected chi connectivity index (χ2v) is 7.60. The molecular formula is C20H25F3N4O4. The van der Waals surface area contributed by atoms with Crippen LogP contribution in [0, 0.1) is 0 Å². The standard InChI is InChI=1S/C20H25F3N4O4/c1-11(8-20(21,22)23)25-13-7-15-16(26-12(2)28)17(19(29)30-3)27(18(15)24-9-13)10-14-5-4-6-31-14/h7,9,11,14,25H,4-6,8,10H2,1-3H3,(H,26,28). The first-order valence-electron chi connectivity index (χ1n) is 9.92. The molecule has 1 aliphatic heterocycles. The van der Waals surface area contributed by atoms with E-state index in [1.807, 2.05) is 0 Å². The highest BCUT2D eigenvalue weighted by Crippen LogP contribution is 2.34. The van der Waals surface area contributed by atoms with E-state index in [0.717, 1.165) is 12.8 Å². The van der Waals surface area contributed by atoms with Crippen molar-refractivity contribution >= 4 is 34.3 Å². The minimum atomic E-state index is -4.31. The Morgan fingerprint density at radius 2 is 2.16 bits per heavy atom. The summed E-state index contributed by atoms with van der Waals surface area (Å²) < 4.78 is 50.3. The molecule has 11 heteroatoms. The number of hydrogen-bond donors (Lipinski definition) is 2. The summed E-state index contributed by atoms with van der Waals surface area (Å²) in [7, 11) is 1.23. The van der Waals surface area contributed by atoms with E-state index in [1.165, 1.54) is 27.2 Å². The van der Waals surface area contributed by atoms with E-state index in [1.54, 1.807) is 10.6 Å². The van der Waals surface area contributed by atoms with Crippen LogP contribution in [0.5, 0.6) is 0 Å². The highest BCUT2D eigenvalue weighted by atomic mass is 19.4. The van der Waals surface area contributed by atoms with Crippen molar-refractivity contribution in [1.82, 2.24) is 9.55 Å². The molecule has 0 aliphatic carbocycles. The summed E-state index contributed by atoms with van der Waals surface area (Å²) in [5, 5.41) is 5.83. The lowest BCUT2D eigenvalue weighted by atomic mass is 10.2. The Kier molecular flexibility index (Phi) is 6.73. The number of fused-ring (bicyclic) bond motifs is 1. The number of nitrogens with zero attached hydrogens (tertiary/aromatic N) is 2. The van der Waals surface area contributed by atoms with Gasteiger partial charge in [-0.25, -0.2) is 9.78 Å². The van der Waals surface area contributed by atoms with Gasteiger partial charge in [0.1, 0.15) is 5.65 Å². The molecule has 0 radical (unpaired) electrons. The monoisotopic (exact) mass is 442 g/mol. The summed E-state index contributed by atoms with van der Waals surface area (Å²) in [6.45, 7) is 3.65. The van der Waals surface area contributed by atoms with Crippen LogP contribution in [0.15, 0.2) is 12.3 Å². The molecule has 1 saturated heterocycles. The fourth-order valence-corrected chi connectivity index (χ4v) is 3.77. The van der Waals surface area contributed by atoms with Gasteiger partial charge in [-0.05, 0) is 25.8 Å². The Balaban J connectivity index is 2.08. The van der Waals surface area contributed by atoms with Gasteiger partial charge in [0.05, 0.1) is 43.8 Å². The van der Waals surface area contributed by atoms with Crippen LogP contribution >= 0.6 is 0 Å². The number of ether oxygens (including phenoxy) is 2. The fourth-order valence-electron chi connectivity index (χ4n) is 3.77. The SMILES string of the molecule is COC(=O)c1c(NC(C)=O)c2cc(NC(C)CC(F)(F)F)cnc2n1CC1CCCO1. The largest absolute Gasteiger partial charge is 0.464 e. The van der Waals surface area contributed by atoms with Crippen LogP contribution in [0.4, 0.5) is 24.5 Å². The van der Waals surface area contributed by atoms with Gasteiger partial charge >= 0.3 is 12.1 Å². The Hall–Kier alpha value is -2.82. The van der Waals surface area contributed by atoms with Gasteiger partial charge in [0.2, 0.25) is 5.91 Å². The van der Waals surface area contributed by atoms with Gasteiger partial charge < -0.3 is 24.7 Å². The molecular weight excluding hydrogens is 417 g/mol. The van der Waals surface area contributed by atoms with E-state index < -0.39 is 30.5 Å². The van der Waals surface area contributed by atoms with Crippen molar-refractivity contribution in [3.05, 3.63) is 18.0 Å². The number of halogens is 3. The zero-order valence-electron chi connectivity index (χ0n) is 17.5. The van der Waals surface area contributed by atoms with Gasteiger partial charge in [0.25, 0.3) is 0 Å². The van der Waals surface area contributed by atoms with Crippen LogP contribution in [-0.4, -0.2) is 53.5 Å². The first kappa shape index (κ1) is 22.9. The number of pyridine rings is 1. The predicted octanol–water partition coefficient (Wildman–Crippen LogP) is 3.71. The van der Waals surface area contributed by atoms with E-state index >= 15 is 0 Å². The molecule has 170 valence electrons. The zero-order valence-corrected chi connectivity index (χ0v) is 17.5. The van der Waals surface area contributed by atoms with Crippen LogP contribution in [0.25, 0.3) is 11.0 Å². The van der Waals surface area contributed by atoms with Gasteiger partial charge in [-0.3, -0.25) is 4.79 Å². The molecule has 2 N–H and O–H groups in total. The quantitative estimate of drug-likeness (QED) is 0.635. The molecule has 1 fully saturated rings. The average Bonchev–Trinajstić information content (AvgIpc) is 3.26. The minimum absolute atomic E-state index is 0.108. The second-order valence-electron chi connectivity index (χ2n) is 7.60. The van der Waals surface area contributed by atoms with Crippen molar-refractivity contribution < 1.29 is 32.2 Å². The second kappa shape index (κ2) is 9.13. The lowest BCUT2D eigenvalue weighted by Crippen LogP contribution is -2.23. The van der Waals surface area contributed by atoms with Crippen LogP contribution < -0.4 is 10.6 Å². The molecule has 0 bridgehead atoms. The summed E-state index contributed by atoms with van der Waals surface area (Å²) in [6, 6.07) is 0.677. The molecule has 1 aliphatic rings.